The van der Waals surface area contributed by atoms with Crippen LogP contribution in [0.15, 0.2) is 18.2 Å². The standard InChI is InChI=1S/C17H20N2O2/c1-12-8-13(2)10-14(9-12)16(20)15(11-18)17(21)19-6-4-3-5-7-19/h8-10,15H,3-7H2,1-2H3/t15-/m1/s1. The number of likely N-dealkylation sites (tertiary alicyclic amines) is 1. The van der Waals surface area contributed by atoms with Crippen molar-refractivity contribution in [1.82, 2.24) is 4.90 Å². The van der Waals surface area contributed by atoms with Crippen molar-refractivity contribution in [1.29, 1.82) is 5.26 Å². The van der Waals surface area contributed by atoms with Crippen LogP contribution in [0, 0.1) is 31.1 Å². The monoisotopic (exact) mass is 284 g/mol. The fourth-order valence-corrected chi connectivity index (χ4v) is 2.81. The molecule has 0 spiro atoms. The number of carbonyl (C=O) groups is 2. The highest BCUT2D eigenvalue weighted by Crippen LogP contribution is 2.18. The van der Waals surface area contributed by atoms with Gasteiger partial charge in [-0.05, 0) is 45.2 Å². The molecule has 0 radical (unpaired) electrons. The van der Waals surface area contributed by atoms with Crippen molar-refractivity contribution < 1.29 is 9.59 Å². The average Bonchev–Trinajstić information content (AvgIpc) is 2.47. The van der Waals surface area contributed by atoms with Crippen molar-refractivity contribution >= 4 is 11.7 Å². The molecule has 1 aromatic rings. The smallest absolute Gasteiger partial charge is 0.247 e. The van der Waals surface area contributed by atoms with Crippen molar-refractivity contribution in [2.45, 2.75) is 33.1 Å². The van der Waals surface area contributed by atoms with Gasteiger partial charge >= 0.3 is 0 Å². The Morgan fingerprint density at radius 2 is 1.67 bits per heavy atom. The number of rotatable bonds is 3. The zero-order chi connectivity index (χ0) is 15.4. The van der Waals surface area contributed by atoms with E-state index in [2.05, 4.69) is 0 Å². The molecule has 1 aromatic carbocycles. The molecule has 1 atom stereocenters. The Balaban J connectivity index is 2.22. The van der Waals surface area contributed by atoms with Crippen LogP contribution in [0.3, 0.4) is 0 Å². The number of ketones is 1. The summed E-state index contributed by atoms with van der Waals surface area (Å²) >= 11 is 0. The molecule has 1 amide bonds. The number of hydrogen-bond donors (Lipinski definition) is 0. The van der Waals surface area contributed by atoms with Gasteiger partial charge in [-0.3, -0.25) is 9.59 Å². The highest BCUT2D eigenvalue weighted by Gasteiger charge is 2.32. The number of hydrogen-bond acceptors (Lipinski definition) is 3. The Labute approximate surface area is 125 Å². The van der Waals surface area contributed by atoms with Gasteiger partial charge in [-0.1, -0.05) is 17.2 Å². The molecule has 4 nitrogen and oxygen atoms in total. The van der Waals surface area contributed by atoms with E-state index in [4.69, 9.17) is 0 Å². The lowest BCUT2D eigenvalue weighted by molar-refractivity contribution is -0.133. The first-order valence-electron chi connectivity index (χ1n) is 7.34. The van der Waals surface area contributed by atoms with Gasteiger partial charge < -0.3 is 4.90 Å². The SMILES string of the molecule is Cc1cc(C)cc(C(=O)[C@@H](C#N)C(=O)N2CCCCC2)c1. The van der Waals surface area contributed by atoms with Crippen LogP contribution in [-0.4, -0.2) is 29.7 Å². The maximum atomic E-state index is 12.5. The Bertz CT molecular complexity index is 575. The molecule has 1 heterocycles. The summed E-state index contributed by atoms with van der Waals surface area (Å²) in [7, 11) is 0. The normalized spacial score (nSPS) is 16.1. The molecule has 0 bridgehead atoms. The van der Waals surface area contributed by atoms with Gasteiger partial charge in [0, 0.05) is 18.7 Å². The van der Waals surface area contributed by atoms with E-state index in [0.29, 0.717) is 18.7 Å². The van der Waals surface area contributed by atoms with Gasteiger partial charge in [-0.25, -0.2) is 0 Å². The van der Waals surface area contributed by atoms with Crippen LogP contribution in [0.1, 0.15) is 40.7 Å². The second-order valence-electron chi connectivity index (χ2n) is 5.69. The molecular formula is C17H20N2O2. The molecule has 0 unspecified atom stereocenters. The van der Waals surface area contributed by atoms with Gasteiger partial charge in [-0.15, -0.1) is 0 Å². The van der Waals surface area contributed by atoms with Crippen molar-refractivity contribution in [3.05, 3.63) is 34.9 Å². The molecule has 0 aromatic heterocycles. The van der Waals surface area contributed by atoms with Gasteiger partial charge in [-0.2, -0.15) is 5.26 Å². The van der Waals surface area contributed by atoms with Crippen LogP contribution >= 0.6 is 0 Å². The Morgan fingerprint density at radius 1 is 1.10 bits per heavy atom. The zero-order valence-corrected chi connectivity index (χ0v) is 12.6. The van der Waals surface area contributed by atoms with E-state index in [-0.39, 0.29) is 11.7 Å². The van der Waals surface area contributed by atoms with E-state index in [1.807, 2.05) is 26.0 Å². The number of piperidine rings is 1. The molecule has 0 saturated carbocycles. The van der Waals surface area contributed by atoms with Gasteiger partial charge in [0.05, 0.1) is 6.07 Å². The molecule has 1 aliphatic heterocycles. The van der Waals surface area contributed by atoms with Gasteiger partial charge in [0.2, 0.25) is 5.91 Å². The molecule has 21 heavy (non-hydrogen) atoms. The molecule has 2 rings (SSSR count). The van der Waals surface area contributed by atoms with E-state index in [9.17, 15) is 14.9 Å². The minimum absolute atomic E-state index is 0.346. The lowest BCUT2D eigenvalue weighted by Crippen LogP contribution is -2.41. The van der Waals surface area contributed by atoms with Crippen molar-refractivity contribution in [2.75, 3.05) is 13.1 Å². The first-order valence-corrected chi connectivity index (χ1v) is 7.34. The summed E-state index contributed by atoms with van der Waals surface area (Å²) in [5.41, 5.74) is 2.37. The predicted octanol–water partition coefficient (Wildman–Crippen LogP) is 2.64. The van der Waals surface area contributed by atoms with Crippen LogP contribution in [0.5, 0.6) is 0 Å². The van der Waals surface area contributed by atoms with E-state index in [1.54, 1.807) is 17.0 Å². The van der Waals surface area contributed by atoms with Gasteiger partial charge in [0.15, 0.2) is 11.7 Å². The first kappa shape index (κ1) is 15.2. The summed E-state index contributed by atoms with van der Waals surface area (Å²) in [6.45, 7) is 5.10. The number of Topliss-reactive ketones (excluding diaryl/α,β-unsaturated/α-hetero) is 1. The highest BCUT2D eigenvalue weighted by molar-refractivity contribution is 6.12. The van der Waals surface area contributed by atoms with Crippen LogP contribution in [0.25, 0.3) is 0 Å². The van der Waals surface area contributed by atoms with Crippen molar-refractivity contribution in [3.8, 4) is 6.07 Å². The summed E-state index contributed by atoms with van der Waals surface area (Å²) < 4.78 is 0. The minimum Gasteiger partial charge on any atom is -0.341 e. The number of carbonyl (C=O) groups excluding carboxylic acids is 2. The van der Waals surface area contributed by atoms with Gasteiger partial charge in [0.25, 0.3) is 0 Å². The lowest BCUT2D eigenvalue weighted by Gasteiger charge is -2.28. The number of nitriles is 1. The van der Waals surface area contributed by atoms with E-state index >= 15 is 0 Å². The molecule has 0 aliphatic carbocycles. The maximum Gasteiger partial charge on any atom is 0.247 e. The highest BCUT2D eigenvalue weighted by atomic mass is 16.2. The minimum atomic E-state index is -1.22. The lowest BCUT2D eigenvalue weighted by atomic mass is 9.94. The topological polar surface area (TPSA) is 61.2 Å². The molecule has 1 fully saturated rings. The van der Waals surface area contributed by atoms with Crippen molar-refractivity contribution in [3.63, 3.8) is 0 Å². The van der Waals surface area contributed by atoms with Crippen LogP contribution < -0.4 is 0 Å². The third kappa shape index (κ3) is 3.49. The third-order valence-electron chi connectivity index (χ3n) is 3.81. The zero-order valence-electron chi connectivity index (χ0n) is 12.6. The average molecular weight is 284 g/mol. The summed E-state index contributed by atoms with van der Waals surface area (Å²) in [4.78, 5) is 26.5. The Morgan fingerprint density at radius 3 is 2.19 bits per heavy atom. The van der Waals surface area contributed by atoms with E-state index in [1.165, 1.54) is 0 Å². The first-order chi connectivity index (χ1) is 10.0. The molecule has 0 N–H and O–H groups in total. The van der Waals surface area contributed by atoms with E-state index < -0.39 is 5.92 Å². The fourth-order valence-electron chi connectivity index (χ4n) is 2.81. The van der Waals surface area contributed by atoms with Crippen LogP contribution in [0.4, 0.5) is 0 Å². The summed E-state index contributed by atoms with van der Waals surface area (Å²) in [6, 6.07) is 7.34. The maximum absolute atomic E-state index is 12.5. The molecule has 1 saturated heterocycles. The van der Waals surface area contributed by atoms with E-state index in [0.717, 1.165) is 30.4 Å². The quantitative estimate of drug-likeness (QED) is 0.633. The Hall–Kier alpha value is -2.15. The summed E-state index contributed by atoms with van der Waals surface area (Å²) in [5.74, 6) is -1.95. The number of nitrogens with zero attached hydrogens (tertiary/aromatic N) is 2. The molecule has 4 heteroatoms. The van der Waals surface area contributed by atoms with Gasteiger partial charge in [0.1, 0.15) is 0 Å². The molecular weight excluding hydrogens is 264 g/mol. The summed E-state index contributed by atoms with van der Waals surface area (Å²) in [6.07, 6.45) is 3.00. The van der Waals surface area contributed by atoms with Crippen molar-refractivity contribution in [2.24, 2.45) is 5.92 Å². The number of benzene rings is 1. The van der Waals surface area contributed by atoms with Crippen LogP contribution in [0.2, 0.25) is 0 Å². The van der Waals surface area contributed by atoms with Crippen LogP contribution in [-0.2, 0) is 4.79 Å². The fraction of sp³-hybridized carbons (Fsp3) is 0.471. The number of amides is 1. The largest absolute Gasteiger partial charge is 0.341 e. The second kappa shape index (κ2) is 6.53. The molecule has 1 aliphatic rings. The predicted molar refractivity (Wildman–Crippen MR) is 79.8 cm³/mol. The second-order valence-corrected chi connectivity index (χ2v) is 5.69. The number of aryl methyl sites for hydroxylation is 2. The summed E-state index contributed by atoms with van der Waals surface area (Å²) in [5, 5.41) is 9.28. The Kier molecular flexibility index (Phi) is 4.74. The molecule has 110 valence electrons. The third-order valence-corrected chi connectivity index (χ3v) is 3.81.